The molecule has 3 aromatic rings. The van der Waals surface area contributed by atoms with Gasteiger partial charge >= 0.3 is 11.7 Å². The molecule has 1 aliphatic rings. The SMILES string of the molecule is CCOC(=O)c1c(/N=C2\SCCC(=O)N2c2ccccc2)sc2c(=O)n(C)c(=O)n(C)c12. The van der Waals surface area contributed by atoms with Gasteiger partial charge in [-0.3, -0.25) is 23.6 Å². The summed E-state index contributed by atoms with van der Waals surface area (Å²) in [5.41, 5.74) is -0.191. The number of anilines is 1. The van der Waals surface area contributed by atoms with Gasteiger partial charge in [-0.05, 0) is 19.1 Å². The first-order valence-electron chi connectivity index (χ1n) is 9.84. The lowest BCUT2D eigenvalue weighted by molar-refractivity contribution is -0.117. The molecule has 32 heavy (non-hydrogen) atoms. The number of para-hydroxylation sites is 1. The lowest BCUT2D eigenvalue weighted by Crippen LogP contribution is -2.39. The number of aliphatic imine (C=N–C) groups is 1. The molecule has 11 heteroatoms. The van der Waals surface area contributed by atoms with Crippen LogP contribution in [0.4, 0.5) is 10.7 Å². The summed E-state index contributed by atoms with van der Waals surface area (Å²) in [5.74, 6) is -0.253. The molecule has 1 fully saturated rings. The number of hydrogen-bond donors (Lipinski definition) is 0. The van der Waals surface area contributed by atoms with E-state index in [9.17, 15) is 19.2 Å². The van der Waals surface area contributed by atoms with Gasteiger partial charge in [0.2, 0.25) is 5.91 Å². The Labute approximate surface area is 190 Å². The maximum atomic E-state index is 12.9. The van der Waals surface area contributed by atoms with Crippen molar-refractivity contribution in [2.45, 2.75) is 13.3 Å². The standard InChI is InChI=1S/C21H20N4O5S2/c1-4-30-19(28)14-15-16(18(27)24(3)21(29)23(15)2)32-17(14)22-20-25(13(26)10-11-31-20)12-8-6-5-7-9-12/h5-9H,4,10-11H2,1-3H3/b22-20-. The molecule has 0 aliphatic carbocycles. The number of carbonyl (C=O) groups excluding carboxylic acids is 2. The minimum Gasteiger partial charge on any atom is -0.462 e. The zero-order valence-electron chi connectivity index (χ0n) is 17.7. The maximum Gasteiger partial charge on any atom is 0.343 e. The lowest BCUT2D eigenvalue weighted by Gasteiger charge is -2.27. The van der Waals surface area contributed by atoms with Crippen molar-refractivity contribution >= 4 is 61.0 Å². The summed E-state index contributed by atoms with van der Waals surface area (Å²) in [6, 6.07) is 9.10. The number of amides is 1. The van der Waals surface area contributed by atoms with Crippen molar-refractivity contribution < 1.29 is 14.3 Å². The Balaban J connectivity index is 1.99. The Kier molecular flexibility index (Phi) is 6.02. The van der Waals surface area contributed by atoms with Gasteiger partial charge < -0.3 is 4.74 Å². The third kappa shape index (κ3) is 3.67. The molecule has 0 spiro atoms. The summed E-state index contributed by atoms with van der Waals surface area (Å²) in [6.45, 7) is 1.79. The molecule has 0 unspecified atom stereocenters. The van der Waals surface area contributed by atoms with E-state index in [0.29, 0.717) is 23.0 Å². The number of ether oxygens (including phenoxy) is 1. The fourth-order valence-electron chi connectivity index (χ4n) is 3.41. The number of thiophene rings is 1. The van der Waals surface area contributed by atoms with E-state index in [4.69, 9.17) is 4.74 Å². The van der Waals surface area contributed by atoms with Crippen molar-refractivity contribution in [2.75, 3.05) is 17.3 Å². The zero-order chi connectivity index (χ0) is 23.0. The molecule has 0 saturated carbocycles. The van der Waals surface area contributed by atoms with E-state index in [1.807, 2.05) is 18.2 Å². The molecule has 0 radical (unpaired) electrons. The van der Waals surface area contributed by atoms with E-state index in [1.165, 1.54) is 35.3 Å². The molecule has 1 aromatic carbocycles. The van der Waals surface area contributed by atoms with Gasteiger partial charge in [0.05, 0.1) is 17.8 Å². The minimum atomic E-state index is -0.681. The summed E-state index contributed by atoms with van der Waals surface area (Å²) in [4.78, 5) is 57.0. The number of thioether (sulfide) groups is 1. The number of hydrogen-bond acceptors (Lipinski definition) is 8. The fraction of sp³-hybridized carbons (Fsp3) is 0.286. The highest BCUT2D eigenvalue weighted by molar-refractivity contribution is 8.14. The molecule has 0 N–H and O–H groups in total. The second kappa shape index (κ2) is 8.75. The van der Waals surface area contributed by atoms with Crippen LogP contribution in [-0.4, -0.2) is 38.5 Å². The van der Waals surface area contributed by atoms with Crippen LogP contribution >= 0.6 is 23.1 Å². The largest absolute Gasteiger partial charge is 0.462 e. The van der Waals surface area contributed by atoms with Gasteiger partial charge in [-0.25, -0.2) is 14.6 Å². The van der Waals surface area contributed by atoms with Crippen LogP contribution in [0.25, 0.3) is 10.2 Å². The molecule has 1 saturated heterocycles. The average Bonchev–Trinajstić information content (AvgIpc) is 3.16. The fourth-order valence-corrected chi connectivity index (χ4v) is 5.59. The number of aryl methyl sites for hydroxylation is 1. The van der Waals surface area contributed by atoms with Crippen molar-refractivity contribution in [2.24, 2.45) is 19.1 Å². The van der Waals surface area contributed by atoms with Gasteiger partial charge in [-0.15, -0.1) is 11.3 Å². The Hall–Kier alpha value is -3.18. The Morgan fingerprint density at radius 3 is 2.53 bits per heavy atom. The Morgan fingerprint density at radius 2 is 1.84 bits per heavy atom. The average molecular weight is 473 g/mol. The summed E-state index contributed by atoms with van der Waals surface area (Å²) < 4.78 is 7.66. The van der Waals surface area contributed by atoms with Gasteiger partial charge in [0.15, 0.2) is 5.17 Å². The van der Waals surface area contributed by atoms with Crippen LogP contribution in [0, 0.1) is 0 Å². The first kappa shape index (κ1) is 22.0. The summed E-state index contributed by atoms with van der Waals surface area (Å²) in [5, 5.41) is 0.612. The van der Waals surface area contributed by atoms with Gasteiger partial charge in [-0.1, -0.05) is 30.0 Å². The highest BCUT2D eigenvalue weighted by Gasteiger charge is 2.30. The molecule has 9 nitrogen and oxygen atoms in total. The number of nitrogens with zero attached hydrogens (tertiary/aromatic N) is 4. The topological polar surface area (TPSA) is 103 Å². The molecular weight excluding hydrogens is 452 g/mol. The quantitative estimate of drug-likeness (QED) is 0.541. The van der Waals surface area contributed by atoms with Crippen molar-refractivity contribution in [1.29, 1.82) is 0 Å². The molecule has 1 aliphatic heterocycles. The molecule has 0 atom stereocenters. The van der Waals surface area contributed by atoms with Gasteiger partial charge in [0.1, 0.15) is 15.3 Å². The van der Waals surface area contributed by atoms with Crippen LogP contribution in [0.1, 0.15) is 23.7 Å². The van der Waals surface area contributed by atoms with Gasteiger partial charge in [0.25, 0.3) is 5.56 Å². The number of esters is 1. The monoisotopic (exact) mass is 472 g/mol. The number of fused-ring (bicyclic) bond motifs is 1. The molecule has 1 amide bonds. The second-order valence-electron chi connectivity index (χ2n) is 6.94. The maximum absolute atomic E-state index is 12.9. The van der Waals surface area contributed by atoms with Crippen molar-refractivity contribution in [3.8, 4) is 0 Å². The van der Waals surface area contributed by atoms with E-state index in [0.717, 1.165) is 15.9 Å². The van der Waals surface area contributed by atoms with Crippen LogP contribution in [0.5, 0.6) is 0 Å². The van der Waals surface area contributed by atoms with E-state index in [2.05, 4.69) is 4.99 Å². The van der Waals surface area contributed by atoms with Gasteiger partial charge in [0, 0.05) is 26.3 Å². The first-order chi connectivity index (χ1) is 15.3. The normalized spacial score (nSPS) is 15.5. The van der Waals surface area contributed by atoms with Gasteiger partial charge in [-0.2, -0.15) is 0 Å². The molecule has 166 valence electrons. The smallest absolute Gasteiger partial charge is 0.343 e. The molecule has 3 heterocycles. The molecule has 2 aromatic heterocycles. The third-order valence-corrected chi connectivity index (χ3v) is 6.95. The lowest BCUT2D eigenvalue weighted by atomic mass is 10.2. The Morgan fingerprint density at radius 1 is 1.12 bits per heavy atom. The highest BCUT2D eigenvalue weighted by Crippen LogP contribution is 2.38. The summed E-state index contributed by atoms with van der Waals surface area (Å²) in [6.07, 6.45) is 0.352. The van der Waals surface area contributed by atoms with E-state index < -0.39 is 17.2 Å². The van der Waals surface area contributed by atoms with Crippen LogP contribution in [-0.2, 0) is 23.6 Å². The van der Waals surface area contributed by atoms with E-state index in [1.54, 1.807) is 19.1 Å². The van der Waals surface area contributed by atoms with Crippen LogP contribution < -0.4 is 16.1 Å². The number of amidine groups is 1. The van der Waals surface area contributed by atoms with E-state index >= 15 is 0 Å². The molecule has 0 bridgehead atoms. The predicted octanol–water partition coefficient (Wildman–Crippen LogP) is 2.63. The second-order valence-corrected chi connectivity index (χ2v) is 9.00. The summed E-state index contributed by atoms with van der Waals surface area (Å²) in [7, 11) is 2.87. The summed E-state index contributed by atoms with van der Waals surface area (Å²) >= 11 is 2.38. The molecule has 4 rings (SSSR count). The first-order valence-corrected chi connectivity index (χ1v) is 11.6. The van der Waals surface area contributed by atoms with Crippen molar-refractivity contribution in [3.05, 3.63) is 56.7 Å². The van der Waals surface area contributed by atoms with E-state index in [-0.39, 0.29) is 33.3 Å². The van der Waals surface area contributed by atoms with Crippen molar-refractivity contribution in [3.63, 3.8) is 0 Å². The van der Waals surface area contributed by atoms with Crippen LogP contribution in [0.2, 0.25) is 0 Å². The third-order valence-electron chi connectivity index (χ3n) is 4.95. The van der Waals surface area contributed by atoms with Crippen molar-refractivity contribution in [1.82, 2.24) is 9.13 Å². The molecular formula is C21H20N4O5S2. The van der Waals surface area contributed by atoms with Crippen LogP contribution in [0.3, 0.4) is 0 Å². The highest BCUT2D eigenvalue weighted by atomic mass is 32.2. The minimum absolute atomic E-state index is 0.0447. The predicted molar refractivity (Wildman–Crippen MR) is 126 cm³/mol. The number of aromatic nitrogens is 2. The number of carbonyl (C=O) groups is 2. The Bertz CT molecular complexity index is 1370. The van der Waals surface area contributed by atoms with Crippen LogP contribution in [0.15, 0.2) is 44.9 Å². The zero-order valence-corrected chi connectivity index (χ0v) is 19.3. The number of benzene rings is 1. The number of rotatable bonds is 4.